The molecule has 462 valence electrons. The standard InChI is InChI=1S/C22H28N2O4.C19H21NO4.C13H18N2O.C10H12O2.C4H9NO/c1-26-20-6-5-18(21(12-20)27-2)14-23-13-17-4-3-16(11-19(17)15-23)22(25)24-7-9-28-10-8-24;1-22-17-7-6-15(18(9-17)23-2)11-20-10-14-5-4-13(19(21)24-3)8-16(14)12-20;1-2-12-8-14-9-13(12)7-11(1)10-15-3-5-16-6-4-15;1-7-4-5-9(6-8(7)2)10(11)12-3;1-3-6-4-2-5-1/h3-6,11-12,22,25H,7-10,13-15H2,1-2H3;4-9H,10-12H2,1-3H3;1-2,7,14H,3-6,8-10H2;4-6H,1-3H3;5H,1-4H2. The topological polar surface area (TPSA) is 174 Å². The Morgan fingerprint density at radius 1 is 0.477 bits per heavy atom. The summed E-state index contributed by atoms with van der Waals surface area (Å²) in [6.07, 6.45) is -0.565. The van der Waals surface area contributed by atoms with E-state index in [1.54, 1.807) is 34.5 Å². The predicted octanol–water partition coefficient (Wildman–Crippen LogP) is 8.37. The number of rotatable bonds is 14. The van der Waals surface area contributed by atoms with Crippen molar-refractivity contribution in [2.75, 3.05) is 122 Å². The van der Waals surface area contributed by atoms with E-state index in [4.69, 9.17) is 37.9 Å². The van der Waals surface area contributed by atoms with Crippen LogP contribution in [0.3, 0.4) is 0 Å². The van der Waals surface area contributed by atoms with Gasteiger partial charge < -0.3 is 58.4 Å². The zero-order chi connectivity index (χ0) is 60.8. The van der Waals surface area contributed by atoms with Gasteiger partial charge in [0.2, 0.25) is 0 Å². The van der Waals surface area contributed by atoms with Gasteiger partial charge in [-0.15, -0.1) is 0 Å². The molecule has 6 aliphatic heterocycles. The van der Waals surface area contributed by atoms with Gasteiger partial charge in [-0.2, -0.15) is 0 Å². The number of nitrogens with zero attached hydrogens (tertiary/aromatic N) is 4. The van der Waals surface area contributed by atoms with Crippen molar-refractivity contribution in [2.24, 2.45) is 0 Å². The van der Waals surface area contributed by atoms with Gasteiger partial charge in [-0.1, -0.05) is 60.7 Å². The molecule has 6 aliphatic rings. The van der Waals surface area contributed by atoms with Crippen LogP contribution in [0.25, 0.3) is 0 Å². The Morgan fingerprint density at radius 2 is 0.988 bits per heavy atom. The lowest BCUT2D eigenvalue weighted by Gasteiger charge is -2.31. The van der Waals surface area contributed by atoms with Crippen molar-refractivity contribution in [1.82, 2.24) is 30.2 Å². The second kappa shape index (κ2) is 33.3. The van der Waals surface area contributed by atoms with Crippen molar-refractivity contribution in [1.29, 1.82) is 0 Å². The molecule has 0 bridgehead atoms. The number of aryl methyl sites for hydroxylation is 2. The number of ether oxygens (including phenoxy) is 9. The SMILES string of the molecule is C1COCCN1.COC(=O)c1ccc(C)c(C)c1.COC(=O)c1ccc2c(c1)CN(Cc1ccc(OC)cc1OC)C2.COc1ccc(CN2Cc3ccc(C(O)N4CCOCC4)cc3C2)c(OC)c1.c1cc2c(cc1CN1CCOCC1)CNC2. The quantitative estimate of drug-likeness (QED) is 0.0887. The lowest BCUT2D eigenvalue weighted by molar-refractivity contribution is -0.0603. The average molecular weight is 1180 g/mol. The minimum Gasteiger partial charge on any atom is -0.497 e. The third-order valence-corrected chi connectivity index (χ3v) is 16.1. The summed E-state index contributed by atoms with van der Waals surface area (Å²) in [6, 6.07) is 36.3. The summed E-state index contributed by atoms with van der Waals surface area (Å²) >= 11 is 0. The summed E-state index contributed by atoms with van der Waals surface area (Å²) in [7, 11) is 9.45. The maximum Gasteiger partial charge on any atom is 0.337 e. The molecule has 3 N–H and O–H groups in total. The molecule has 0 saturated carbocycles. The lowest BCUT2D eigenvalue weighted by atomic mass is 10.0. The molecule has 12 rings (SSSR count). The Bertz CT molecular complexity index is 3130. The number of aliphatic hydroxyl groups is 1. The van der Waals surface area contributed by atoms with E-state index in [9.17, 15) is 14.7 Å². The van der Waals surface area contributed by atoms with Crippen LogP contribution in [0.1, 0.15) is 93.7 Å². The van der Waals surface area contributed by atoms with Gasteiger partial charge >= 0.3 is 11.9 Å². The van der Waals surface area contributed by atoms with Crippen LogP contribution in [0.4, 0.5) is 0 Å². The van der Waals surface area contributed by atoms with E-state index in [0.717, 1.165) is 170 Å². The molecule has 6 aromatic carbocycles. The van der Waals surface area contributed by atoms with Crippen LogP contribution in [0, 0.1) is 13.8 Å². The average Bonchev–Trinajstić information content (AvgIpc) is 4.42. The van der Waals surface area contributed by atoms with Crippen molar-refractivity contribution in [3.05, 3.63) is 187 Å². The predicted molar refractivity (Wildman–Crippen MR) is 331 cm³/mol. The van der Waals surface area contributed by atoms with Gasteiger partial charge in [0.15, 0.2) is 0 Å². The van der Waals surface area contributed by atoms with Crippen molar-refractivity contribution < 1.29 is 57.3 Å². The fraction of sp³-hybridized carbons (Fsp3) is 0.441. The molecule has 0 radical (unpaired) electrons. The number of esters is 2. The molecule has 6 heterocycles. The highest BCUT2D eigenvalue weighted by Gasteiger charge is 2.26. The molecule has 0 aromatic heterocycles. The summed E-state index contributed by atoms with van der Waals surface area (Å²) in [5.74, 6) is 2.67. The van der Waals surface area contributed by atoms with E-state index in [1.807, 2.05) is 74.5 Å². The zero-order valence-electron chi connectivity index (χ0n) is 51.5. The monoisotopic (exact) mass is 1180 g/mol. The maximum atomic E-state index is 11.7. The molecule has 0 spiro atoms. The number of fused-ring (bicyclic) bond motifs is 3. The number of carbonyl (C=O) groups excluding carboxylic acids is 2. The first-order chi connectivity index (χ1) is 41.9. The van der Waals surface area contributed by atoms with E-state index in [0.29, 0.717) is 24.3 Å². The second-order valence-corrected chi connectivity index (χ2v) is 21.9. The van der Waals surface area contributed by atoms with Gasteiger partial charge in [0.05, 0.1) is 93.4 Å². The lowest BCUT2D eigenvalue weighted by Crippen LogP contribution is -2.39. The van der Waals surface area contributed by atoms with Gasteiger partial charge in [0.1, 0.15) is 29.2 Å². The molecule has 18 nitrogen and oxygen atoms in total. The third-order valence-electron chi connectivity index (χ3n) is 16.1. The molecule has 86 heavy (non-hydrogen) atoms. The first kappa shape index (κ1) is 65.0. The molecule has 0 amide bonds. The van der Waals surface area contributed by atoms with E-state index in [2.05, 4.69) is 77.4 Å². The number of hydrogen-bond donors (Lipinski definition) is 3. The van der Waals surface area contributed by atoms with Crippen molar-refractivity contribution in [3.8, 4) is 23.0 Å². The van der Waals surface area contributed by atoms with Gasteiger partial charge in [-0.05, 0) is 106 Å². The number of benzene rings is 6. The minimum absolute atomic E-state index is 0.280. The number of morpholine rings is 3. The van der Waals surface area contributed by atoms with E-state index in [1.165, 1.54) is 58.7 Å². The molecule has 6 aromatic rings. The molecule has 1 unspecified atom stereocenters. The van der Waals surface area contributed by atoms with Crippen LogP contribution in [0.15, 0.2) is 109 Å². The van der Waals surface area contributed by atoms with Crippen LogP contribution >= 0.6 is 0 Å². The molecular weight excluding hydrogens is 1090 g/mol. The molecule has 1 atom stereocenters. The number of aliphatic hydroxyl groups excluding tert-OH is 1. The van der Waals surface area contributed by atoms with Crippen LogP contribution < -0.4 is 29.6 Å². The summed E-state index contributed by atoms with van der Waals surface area (Å²) in [5, 5.41) is 17.3. The highest BCUT2D eigenvalue weighted by molar-refractivity contribution is 5.90. The van der Waals surface area contributed by atoms with E-state index in [-0.39, 0.29) is 11.9 Å². The fourth-order valence-electron chi connectivity index (χ4n) is 11.0. The fourth-order valence-corrected chi connectivity index (χ4v) is 11.0. The summed E-state index contributed by atoms with van der Waals surface area (Å²) < 4.78 is 46.7. The Morgan fingerprint density at radius 3 is 1.52 bits per heavy atom. The molecule has 3 fully saturated rings. The van der Waals surface area contributed by atoms with Crippen molar-refractivity contribution in [2.45, 2.75) is 79.0 Å². The summed E-state index contributed by atoms with van der Waals surface area (Å²) in [6.45, 7) is 22.7. The smallest absolute Gasteiger partial charge is 0.337 e. The molecule has 0 aliphatic carbocycles. The van der Waals surface area contributed by atoms with Crippen LogP contribution in [-0.2, 0) is 82.6 Å². The number of hydrogen-bond acceptors (Lipinski definition) is 18. The maximum absolute atomic E-state index is 11.7. The van der Waals surface area contributed by atoms with Crippen molar-refractivity contribution >= 4 is 11.9 Å². The van der Waals surface area contributed by atoms with E-state index < -0.39 is 6.23 Å². The minimum atomic E-state index is -0.565. The van der Waals surface area contributed by atoms with Crippen LogP contribution in [0.2, 0.25) is 0 Å². The van der Waals surface area contributed by atoms with Gasteiger partial charge in [-0.3, -0.25) is 19.6 Å². The number of nitrogens with one attached hydrogen (secondary N) is 2. The van der Waals surface area contributed by atoms with Gasteiger partial charge in [0.25, 0.3) is 0 Å². The summed E-state index contributed by atoms with van der Waals surface area (Å²) in [5.41, 5.74) is 16.1. The molecule has 18 heteroatoms. The largest absolute Gasteiger partial charge is 0.497 e. The summed E-state index contributed by atoms with van der Waals surface area (Å²) in [4.78, 5) is 32.0. The number of methoxy groups -OCH3 is 6. The Labute approximate surface area is 508 Å². The highest BCUT2D eigenvalue weighted by atomic mass is 16.5. The van der Waals surface area contributed by atoms with Gasteiger partial charge in [0, 0.05) is 121 Å². The van der Waals surface area contributed by atoms with Gasteiger partial charge in [-0.25, -0.2) is 9.59 Å². The van der Waals surface area contributed by atoms with Crippen molar-refractivity contribution in [3.63, 3.8) is 0 Å². The van der Waals surface area contributed by atoms with Crippen LogP contribution in [0.5, 0.6) is 23.0 Å². The Kier molecular flexibility index (Phi) is 25.2. The molecule has 3 saturated heterocycles. The first-order valence-corrected chi connectivity index (χ1v) is 29.6. The Hall–Kier alpha value is -6.94. The normalized spacial score (nSPS) is 16.8. The van der Waals surface area contributed by atoms with Crippen LogP contribution in [-0.4, -0.2) is 158 Å². The molecular formula is C68H88N6O12. The second-order valence-electron chi connectivity index (χ2n) is 21.9. The van der Waals surface area contributed by atoms with E-state index >= 15 is 0 Å². The first-order valence-electron chi connectivity index (χ1n) is 29.6. The Balaban J connectivity index is 0.000000150. The highest BCUT2D eigenvalue weighted by Crippen LogP contribution is 2.33. The third kappa shape index (κ3) is 18.5. The number of carbonyl (C=O) groups is 2. The zero-order valence-corrected chi connectivity index (χ0v) is 51.5.